The highest BCUT2D eigenvalue weighted by Gasteiger charge is 2.51. The summed E-state index contributed by atoms with van der Waals surface area (Å²) in [5.41, 5.74) is -1.68. The van der Waals surface area contributed by atoms with Crippen LogP contribution in [0.1, 0.15) is 27.7 Å². The van der Waals surface area contributed by atoms with Crippen LogP contribution < -0.4 is 5.46 Å². The summed E-state index contributed by atoms with van der Waals surface area (Å²) in [7, 11) is -0.877. The average molecular weight is 281 g/mol. The lowest BCUT2D eigenvalue weighted by Gasteiger charge is -2.32. The van der Waals surface area contributed by atoms with E-state index in [1.54, 1.807) is 0 Å². The Morgan fingerprint density at radius 2 is 1.55 bits per heavy atom. The Balaban J connectivity index is 2.39. The molecule has 0 amide bonds. The lowest BCUT2D eigenvalue weighted by Crippen LogP contribution is -2.41. The van der Waals surface area contributed by atoms with E-state index in [9.17, 15) is 13.6 Å². The van der Waals surface area contributed by atoms with Gasteiger partial charge in [-0.05, 0) is 45.3 Å². The second-order valence-electron chi connectivity index (χ2n) is 5.62. The minimum absolute atomic E-state index is 0.198. The van der Waals surface area contributed by atoms with Crippen molar-refractivity contribution in [2.45, 2.75) is 38.9 Å². The Morgan fingerprint density at radius 1 is 1.10 bits per heavy atom. The van der Waals surface area contributed by atoms with Crippen LogP contribution in [0.5, 0.6) is 0 Å². The maximum absolute atomic E-state index is 13.7. The van der Waals surface area contributed by atoms with Crippen LogP contribution in [0.25, 0.3) is 0 Å². The molecule has 2 rings (SSSR count). The molecule has 7 heteroatoms. The van der Waals surface area contributed by atoms with E-state index in [2.05, 4.69) is 4.99 Å². The molecule has 1 heterocycles. The third-order valence-corrected chi connectivity index (χ3v) is 3.72. The number of halogens is 2. The highest BCUT2D eigenvalue weighted by atomic mass is 19.1. The molecule has 0 aromatic heterocycles. The van der Waals surface area contributed by atoms with Gasteiger partial charge in [-0.1, -0.05) is 0 Å². The van der Waals surface area contributed by atoms with Crippen molar-refractivity contribution in [1.82, 2.24) is 0 Å². The van der Waals surface area contributed by atoms with Crippen LogP contribution in [0.2, 0.25) is 0 Å². The van der Waals surface area contributed by atoms with Gasteiger partial charge in [0, 0.05) is 0 Å². The Hall–Kier alpha value is -1.56. The summed E-state index contributed by atoms with van der Waals surface area (Å²) in [5.74, 6) is -1.92. The van der Waals surface area contributed by atoms with E-state index in [1.165, 1.54) is 0 Å². The van der Waals surface area contributed by atoms with Crippen LogP contribution in [0.4, 0.5) is 14.5 Å². The zero-order chi connectivity index (χ0) is 15.1. The molecule has 1 aromatic rings. The molecule has 0 aliphatic carbocycles. The van der Waals surface area contributed by atoms with Crippen molar-refractivity contribution in [2.75, 3.05) is 0 Å². The molecule has 0 bridgehead atoms. The van der Waals surface area contributed by atoms with Gasteiger partial charge in [0.25, 0.3) is 0 Å². The first kappa shape index (κ1) is 14.8. The van der Waals surface area contributed by atoms with Gasteiger partial charge in [0.05, 0.1) is 11.2 Å². The van der Waals surface area contributed by atoms with Crippen LogP contribution in [-0.4, -0.2) is 24.4 Å². The van der Waals surface area contributed by atoms with Crippen LogP contribution in [0, 0.1) is 11.6 Å². The monoisotopic (exact) mass is 281 g/mol. The van der Waals surface area contributed by atoms with Crippen molar-refractivity contribution in [3.05, 3.63) is 23.8 Å². The molecule has 1 aliphatic heterocycles. The van der Waals surface area contributed by atoms with Gasteiger partial charge >= 0.3 is 7.12 Å². The largest absolute Gasteiger partial charge is 0.495 e. The van der Waals surface area contributed by atoms with Crippen molar-refractivity contribution < 1.29 is 22.9 Å². The van der Waals surface area contributed by atoms with Crippen LogP contribution in [0.15, 0.2) is 17.1 Å². The third-order valence-electron chi connectivity index (χ3n) is 3.72. The van der Waals surface area contributed by atoms with E-state index in [0.717, 1.165) is 18.2 Å². The van der Waals surface area contributed by atoms with Gasteiger partial charge in [0.1, 0.15) is 5.69 Å². The fraction of sp³-hybridized carbons (Fsp3) is 0.462. The maximum atomic E-state index is 13.7. The number of nitrogens with zero attached hydrogens (tertiary/aromatic N) is 1. The molecule has 0 radical (unpaired) electrons. The van der Waals surface area contributed by atoms with E-state index >= 15 is 0 Å². The zero-order valence-electron chi connectivity index (χ0n) is 11.7. The standard InChI is InChI=1S/C13H14BF2NO3/c1-12(2)13(3,4)20-14(19-12)8-5-9(15)11(17-7-18)10(16)6-8/h5-6H,1-4H3. The van der Waals surface area contributed by atoms with Crippen molar-refractivity contribution in [3.8, 4) is 0 Å². The number of isocyanates is 1. The summed E-state index contributed by atoms with van der Waals surface area (Å²) in [6, 6.07) is 2.09. The lowest BCUT2D eigenvalue weighted by molar-refractivity contribution is 0.00578. The van der Waals surface area contributed by atoms with Crippen molar-refractivity contribution in [3.63, 3.8) is 0 Å². The highest BCUT2D eigenvalue weighted by Crippen LogP contribution is 2.36. The quantitative estimate of drug-likeness (QED) is 0.474. The topological polar surface area (TPSA) is 47.9 Å². The van der Waals surface area contributed by atoms with E-state index in [0.29, 0.717) is 0 Å². The first-order chi connectivity index (χ1) is 9.18. The number of aliphatic imine (C=N–C) groups is 1. The van der Waals surface area contributed by atoms with Crippen molar-refractivity contribution in [2.24, 2.45) is 4.99 Å². The molecular weight excluding hydrogens is 267 g/mol. The predicted molar refractivity (Wildman–Crippen MR) is 69.9 cm³/mol. The summed E-state index contributed by atoms with van der Waals surface area (Å²) in [6.07, 6.45) is 1.11. The highest BCUT2D eigenvalue weighted by molar-refractivity contribution is 6.62. The molecular formula is C13H14BF2NO3. The molecule has 0 spiro atoms. The summed E-state index contributed by atoms with van der Waals surface area (Å²) >= 11 is 0. The van der Waals surface area contributed by atoms with Gasteiger partial charge in [0.15, 0.2) is 11.6 Å². The Labute approximate surface area is 115 Å². The van der Waals surface area contributed by atoms with Gasteiger partial charge in [0.2, 0.25) is 6.08 Å². The average Bonchev–Trinajstić information content (AvgIpc) is 2.53. The molecule has 0 saturated carbocycles. The predicted octanol–water partition coefficient (Wildman–Crippen LogP) is 2.23. The summed E-state index contributed by atoms with van der Waals surface area (Å²) in [6.45, 7) is 7.35. The minimum atomic E-state index is -0.960. The Bertz CT molecular complexity index is 558. The summed E-state index contributed by atoms with van der Waals surface area (Å²) in [5, 5.41) is 0. The fourth-order valence-electron chi connectivity index (χ4n) is 1.85. The SMILES string of the molecule is CC1(C)OB(c2cc(F)c(N=C=O)c(F)c2)OC1(C)C. The van der Waals surface area contributed by atoms with Gasteiger partial charge in [-0.3, -0.25) is 0 Å². The second kappa shape index (κ2) is 4.77. The van der Waals surface area contributed by atoms with Crippen LogP contribution in [0.3, 0.4) is 0 Å². The Morgan fingerprint density at radius 3 is 1.95 bits per heavy atom. The van der Waals surface area contributed by atoms with Crippen molar-refractivity contribution in [1.29, 1.82) is 0 Å². The normalized spacial score (nSPS) is 19.8. The molecule has 20 heavy (non-hydrogen) atoms. The van der Waals surface area contributed by atoms with E-state index in [4.69, 9.17) is 9.31 Å². The lowest BCUT2D eigenvalue weighted by atomic mass is 9.79. The van der Waals surface area contributed by atoms with Crippen LogP contribution >= 0.6 is 0 Å². The van der Waals surface area contributed by atoms with E-state index < -0.39 is 35.6 Å². The first-order valence-corrected chi connectivity index (χ1v) is 6.10. The summed E-state index contributed by atoms with van der Waals surface area (Å²) < 4.78 is 38.8. The maximum Gasteiger partial charge on any atom is 0.495 e. The number of rotatable bonds is 2. The second-order valence-corrected chi connectivity index (χ2v) is 5.62. The molecule has 1 saturated heterocycles. The van der Waals surface area contributed by atoms with Gasteiger partial charge in [-0.15, -0.1) is 0 Å². The molecule has 4 nitrogen and oxygen atoms in total. The molecule has 1 aliphatic rings. The van der Waals surface area contributed by atoms with Gasteiger partial charge in [-0.2, -0.15) is 4.99 Å². The first-order valence-electron chi connectivity index (χ1n) is 6.10. The third kappa shape index (κ3) is 2.40. The number of hydrogen-bond donors (Lipinski definition) is 0. The summed E-state index contributed by atoms with van der Waals surface area (Å²) in [4.78, 5) is 13.1. The zero-order valence-corrected chi connectivity index (χ0v) is 11.7. The smallest absolute Gasteiger partial charge is 0.399 e. The number of benzene rings is 1. The number of carbonyl (C=O) groups excluding carboxylic acids is 1. The number of hydrogen-bond acceptors (Lipinski definition) is 4. The molecule has 1 fully saturated rings. The Kier molecular flexibility index (Phi) is 3.54. The van der Waals surface area contributed by atoms with E-state index in [-0.39, 0.29) is 5.46 Å². The molecule has 1 aromatic carbocycles. The molecule has 0 atom stereocenters. The minimum Gasteiger partial charge on any atom is -0.399 e. The fourth-order valence-corrected chi connectivity index (χ4v) is 1.85. The van der Waals surface area contributed by atoms with E-state index in [1.807, 2.05) is 27.7 Å². The van der Waals surface area contributed by atoms with Gasteiger partial charge in [-0.25, -0.2) is 13.6 Å². The molecule has 0 unspecified atom stereocenters. The molecule has 106 valence electrons. The van der Waals surface area contributed by atoms with Crippen LogP contribution in [-0.2, 0) is 14.1 Å². The van der Waals surface area contributed by atoms with Crippen molar-refractivity contribution >= 4 is 24.3 Å². The molecule has 0 N–H and O–H groups in total. The van der Waals surface area contributed by atoms with Gasteiger partial charge < -0.3 is 9.31 Å².